The van der Waals surface area contributed by atoms with Gasteiger partial charge < -0.3 is 33.8 Å². The summed E-state index contributed by atoms with van der Waals surface area (Å²) < 4.78 is 68.8. The first-order valence-electron chi connectivity index (χ1n) is 43.7. The van der Waals surface area contributed by atoms with E-state index in [-0.39, 0.29) is 25.7 Å². The van der Waals surface area contributed by atoms with Crippen LogP contribution in [0.2, 0.25) is 0 Å². The quantitative estimate of drug-likeness (QED) is 0.0222. The van der Waals surface area contributed by atoms with Crippen LogP contribution in [0.25, 0.3) is 0 Å². The fourth-order valence-electron chi connectivity index (χ4n) is 13.1. The Morgan fingerprint density at radius 3 is 0.683 bits per heavy atom. The predicted molar refractivity (Wildman–Crippen MR) is 428 cm³/mol. The smallest absolute Gasteiger partial charge is 0.462 e. The third kappa shape index (κ3) is 76.8. The summed E-state index contributed by atoms with van der Waals surface area (Å²) >= 11 is 0. The molecular weight excluding hydrogens is 1350 g/mol. The predicted octanol–water partition coefficient (Wildman–Crippen LogP) is 25.6. The molecule has 0 saturated carbocycles. The van der Waals surface area contributed by atoms with Crippen molar-refractivity contribution in [2.45, 2.75) is 459 Å². The van der Waals surface area contributed by atoms with Gasteiger partial charge in [-0.15, -0.1) is 0 Å². The molecule has 0 aliphatic carbocycles. The molecule has 0 aromatic rings. The van der Waals surface area contributed by atoms with Crippen molar-refractivity contribution in [3.05, 3.63) is 0 Å². The molecular formula is C85H166O17P2. The van der Waals surface area contributed by atoms with E-state index in [9.17, 15) is 43.2 Å². The summed E-state index contributed by atoms with van der Waals surface area (Å²) in [5, 5.41) is 10.7. The van der Waals surface area contributed by atoms with Crippen LogP contribution in [-0.2, 0) is 65.4 Å². The van der Waals surface area contributed by atoms with E-state index in [2.05, 4.69) is 55.4 Å². The average Bonchev–Trinajstić information content (AvgIpc) is 0.913. The van der Waals surface area contributed by atoms with E-state index in [1.54, 1.807) is 0 Å². The van der Waals surface area contributed by atoms with Crippen molar-refractivity contribution < 1.29 is 80.2 Å². The van der Waals surface area contributed by atoms with Crippen molar-refractivity contribution in [2.24, 2.45) is 23.7 Å². The molecule has 0 amide bonds. The maximum Gasteiger partial charge on any atom is 0.472 e. The minimum absolute atomic E-state index is 0.104. The Balaban J connectivity index is 5.20. The molecule has 0 spiro atoms. The van der Waals surface area contributed by atoms with Gasteiger partial charge in [-0.2, -0.15) is 0 Å². The molecule has 0 fully saturated rings. The minimum Gasteiger partial charge on any atom is -0.462 e. The molecule has 4 unspecified atom stereocenters. The first-order valence-corrected chi connectivity index (χ1v) is 46.7. The van der Waals surface area contributed by atoms with Crippen molar-refractivity contribution in [3.8, 4) is 0 Å². The van der Waals surface area contributed by atoms with Crippen molar-refractivity contribution in [1.82, 2.24) is 0 Å². The Hall–Kier alpha value is -1.94. The van der Waals surface area contributed by atoms with E-state index >= 15 is 0 Å². The Morgan fingerprint density at radius 1 is 0.269 bits per heavy atom. The van der Waals surface area contributed by atoms with Crippen molar-refractivity contribution in [1.29, 1.82) is 0 Å². The van der Waals surface area contributed by atoms with Gasteiger partial charge in [0.2, 0.25) is 0 Å². The first kappa shape index (κ1) is 102. The molecule has 19 heteroatoms. The molecule has 0 radical (unpaired) electrons. The van der Waals surface area contributed by atoms with Gasteiger partial charge in [-0.25, -0.2) is 9.13 Å². The van der Waals surface area contributed by atoms with Crippen LogP contribution < -0.4 is 0 Å². The van der Waals surface area contributed by atoms with Crippen LogP contribution >= 0.6 is 15.6 Å². The number of hydrogen-bond donors (Lipinski definition) is 3. The van der Waals surface area contributed by atoms with Crippen LogP contribution in [0.1, 0.15) is 441 Å². The molecule has 0 aliphatic rings. The molecule has 0 aromatic carbocycles. The molecule has 17 nitrogen and oxygen atoms in total. The molecule has 0 rings (SSSR count). The zero-order chi connectivity index (χ0) is 76.7. The maximum atomic E-state index is 13.1. The van der Waals surface area contributed by atoms with Crippen LogP contribution in [-0.4, -0.2) is 96.7 Å². The zero-order valence-corrected chi connectivity index (χ0v) is 70.5. The molecule has 0 bridgehead atoms. The van der Waals surface area contributed by atoms with Crippen molar-refractivity contribution >= 4 is 39.5 Å². The number of aliphatic hydroxyl groups is 1. The Kier molecular flexibility index (Phi) is 72.5. The van der Waals surface area contributed by atoms with E-state index < -0.39 is 97.5 Å². The Morgan fingerprint density at radius 2 is 0.462 bits per heavy atom. The highest BCUT2D eigenvalue weighted by Crippen LogP contribution is 2.45. The fourth-order valence-corrected chi connectivity index (χ4v) is 14.7. The number of aliphatic hydroxyl groups excluding tert-OH is 1. The summed E-state index contributed by atoms with van der Waals surface area (Å²) in [7, 11) is -9.93. The Labute approximate surface area is 638 Å². The second-order valence-corrected chi connectivity index (χ2v) is 35.2. The summed E-state index contributed by atoms with van der Waals surface area (Å²) in [5.41, 5.74) is 0. The van der Waals surface area contributed by atoms with Crippen LogP contribution in [0.3, 0.4) is 0 Å². The van der Waals surface area contributed by atoms with Crippen molar-refractivity contribution in [2.75, 3.05) is 39.6 Å². The second-order valence-electron chi connectivity index (χ2n) is 32.2. The van der Waals surface area contributed by atoms with Gasteiger partial charge in [0.1, 0.15) is 19.3 Å². The number of carbonyl (C=O) groups is 4. The Bertz CT molecular complexity index is 2030. The number of carbonyl (C=O) groups excluding carboxylic acids is 4. The van der Waals surface area contributed by atoms with Crippen molar-refractivity contribution in [3.63, 3.8) is 0 Å². The number of rotatable bonds is 82. The largest absolute Gasteiger partial charge is 0.472 e. The number of phosphoric acid groups is 2. The molecule has 618 valence electrons. The highest BCUT2D eigenvalue weighted by Gasteiger charge is 2.30. The van der Waals surface area contributed by atoms with Gasteiger partial charge >= 0.3 is 39.5 Å². The maximum absolute atomic E-state index is 13.1. The topological polar surface area (TPSA) is 237 Å². The van der Waals surface area contributed by atoms with Gasteiger partial charge in [-0.3, -0.25) is 37.3 Å². The van der Waals surface area contributed by atoms with Crippen LogP contribution in [0.4, 0.5) is 0 Å². The van der Waals surface area contributed by atoms with E-state index in [1.807, 2.05) is 0 Å². The SMILES string of the molecule is CCC(C)CCCCCCCCCCC(=O)O[C@H](COC(=O)CCCCCCCCCC(C)C)COP(=O)(O)OCC(O)COP(=O)(O)OC[C@@H](COC(=O)CCCCCCCCCCCCCCCCCCCCC(C)C)OC(=O)CCCCCCCCCCCCCCCCCCCCC(C)C. The molecule has 0 aromatic heterocycles. The second kappa shape index (κ2) is 73.8. The van der Waals surface area contributed by atoms with Gasteiger partial charge in [0.15, 0.2) is 12.2 Å². The molecule has 0 saturated heterocycles. The molecule has 6 atom stereocenters. The summed E-state index contributed by atoms with van der Waals surface area (Å²) in [4.78, 5) is 73.1. The highest BCUT2D eigenvalue weighted by atomic mass is 31.2. The average molecular weight is 1520 g/mol. The lowest BCUT2D eigenvalue weighted by Gasteiger charge is -2.21. The summed E-state index contributed by atoms with van der Waals surface area (Å²) in [6.45, 7) is 14.3. The van der Waals surface area contributed by atoms with Gasteiger partial charge in [-0.1, -0.05) is 389 Å². The fraction of sp³-hybridized carbons (Fsp3) is 0.953. The standard InChI is InChI=1S/C85H166O17P2/c1-9-78(8)64-56-48-40-34-35-43-52-60-68-85(90)102-81(72-96-83(88)66-58-50-44-36-39-47-55-63-77(6)7)74-100-104(93,94)98-70-79(86)69-97-103(91,92)99-73-80(101-84(89)67-59-51-42-33-29-25-21-17-13-11-15-19-23-27-31-38-46-54-62-76(4)5)71-95-82(87)65-57-49-41-32-28-24-20-16-12-10-14-18-22-26-30-37-45-53-61-75(2)3/h75-81,86H,9-74H2,1-8H3,(H,91,92)(H,93,94)/t78?,79?,80-,81-/m1/s1. The third-order valence-electron chi connectivity index (χ3n) is 20.2. The monoisotopic (exact) mass is 1520 g/mol. The summed E-state index contributed by atoms with van der Waals surface area (Å²) in [6, 6.07) is 0. The number of unbranched alkanes of at least 4 members (excludes halogenated alkanes) is 47. The zero-order valence-electron chi connectivity index (χ0n) is 68.7. The van der Waals surface area contributed by atoms with Gasteiger partial charge in [0, 0.05) is 25.7 Å². The normalized spacial score (nSPS) is 14.2. The lowest BCUT2D eigenvalue weighted by molar-refractivity contribution is -0.161. The molecule has 0 heterocycles. The van der Waals surface area contributed by atoms with E-state index in [0.717, 1.165) is 114 Å². The number of hydrogen-bond acceptors (Lipinski definition) is 15. The highest BCUT2D eigenvalue weighted by molar-refractivity contribution is 7.47. The lowest BCUT2D eigenvalue weighted by atomic mass is 9.99. The van der Waals surface area contributed by atoms with Crippen LogP contribution in [0.15, 0.2) is 0 Å². The van der Waals surface area contributed by atoms with E-state index in [4.69, 9.17) is 37.0 Å². The number of esters is 4. The van der Waals surface area contributed by atoms with Crippen LogP contribution in [0, 0.1) is 23.7 Å². The molecule has 0 aliphatic heterocycles. The van der Waals surface area contributed by atoms with E-state index in [1.165, 1.54) is 238 Å². The first-order chi connectivity index (χ1) is 50.1. The van der Waals surface area contributed by atoms with E-state index in [0.29, 0.717) is 31.6 Å². The number of phosphoric ester groups is 2. The molecule has 104 heavy (non-hydrogen) atoms. The van der Waals surface area contributed by atoms with Gasteiger partial charge in [0.05, 0.1) is 26.4 Å². The van der Waals surface area contributed by atoms with Gasteiger partial charge in [-0.05, 0) is 49.4 Å². The van der Waals surface area contributed by atoms with Gasteiger partial charge in [0.25, 0.3) is 0 Å². The third-order valence-corrected chi connectivity index (χ3v) is 22.1. The number of ether oxygens (including phenoxy) is 4. The van der Waals surface area contributed by atoms with Crippen LogP contribution in [0.5, 0.6) is 0 Å². The summed E-state index contributed by atoms with van der Waals surface area (Å²) in [6.07, 6.45) is 62.7. The lowest BCUT2D eigenvalue weighted by Crippen LogP contribution is -2.30. The summed E-state index contributed by atoms with van der Waals surface area (Å²) in [5.74, 6) is 1.01. The molecule has 3 N–H and O–H groups in total. The minimum atomic E-state index is -4.97.